The lowest BCUT2D eigenvalue weighted by atomic mass is 9.94. The molecule has 0 radical (unpaired) electrons. The summed E-state index contributed by atoms with van der Waals surface area (Å²) in [5, 5.41) is 12.6. The number of nitrogens with zero attached hydrogens (tertiary/aromatic N) is 2. The fourth-order valence-electron chi connectivity index (χ4n) is 2.86. The van der Waals surface area contributed by atoms with Gasteiger partial charge < -0.3 is 14.9 Å². The van der Waals surface area contributed by atoms with Gasteiger partial charge in [0.25, 0.3) is 0 Å². The third kappa shape index (κ3) is 5.04. The molecule has 5 heteroatoms. The van der Waals surface area contributed by atoms with Crippen LogP contribution < -0.4 is 5.32 Å². The van der Waals surface area contributed by atoms with Crippen molar-refractivity contribution in [3.05, 3.63) is 0 Å². The topological polar surface area (TPSA) is 55.8 Å². The van der Waals surface area contributed by atoms with E-state index in [0.717, 1.165) is 32.6 Å². The molecule has 0 saturated carbocycles. The van der Waals surface area contributed by atoms with Crippen molar-refractivity contribution in [2.45, 2.75) is 58.2 Å². The van der Waals surface area contributed by atoms with Gasteiger partial charge in [0.2, 0.25) is 0 Å². The summed E-state index contributed by atoms with van der Waals surface area (Å²) in [6.45, 7) is 12.3. The fraction of sp³-hybridized carbons (Fsp3) is 0.933. The molecule has 1 saturated heterocycles. The molecule has 1 aliphatic rings. The summed E-state index contributed by atoms with van der Waals surface area (Å²) in [7, 11) is 2.16. The maximum atomic E-state index is 11.5. The molecule has 0 aromatic rings. The standard InChI is InChI=1S/C15H31N3O2/c1-12(2)16-15(4,14(19)20)7-6-8-18-10-9-17(5)13(3)11-18/h12-13,16H,6-11H2,1-5H3,(H,19,20). The molecular weight excluding hydrogens is 254 g/mol. The Labute approximate surface area is 123 Å². The molecule has 118 valence electrons. The third-order valence-electron chi connectivity index (χ3n) is 4.27. The van der Waals surface area contributed by atoms with Crippen LogP contribution in [-0.2, 0) is 4.79 Å². The lowest BCUT2D eigenvalue weighted by molar-refractivity contribution is -0.144. The van der Waals surface area contributed by atoms with Crippen LogP contribution >= 0.6 is 0 Å². The van der Waals surface area contributed by atoms with Gasteiger partial charge in [0, 0.05) is 31.7 Å². The van der Waals surface area contributed by atoms with E-state index in [-0.39, 0.29) is 6.04 Å². The SMILES string of the molecule is CC(C)NC(C)(CCCN1CCN(C)C(C)C1)C(=O)O. The second-order valence-electron chi connectivity index (χ2n) is 6.67. The number of nitrogens with one attached hydrogen (secondary N) is 1. The van der Waals surface area contributed by atoms with Gasteiger partial charge in [0.05, 0.1) is 0 Å². The molecule has 0 bridgehead atoms. The van der Waals surface area contributed by atoms with Crippen LogP contribution in [0.5, 0.6) is 0 Å². The first-order valence-electron chi connectivity index (χ1n) is 7.68. The van der Waals surface area contributed by atoms with E-state index in [0.29, 0.717) is 12.5 Å². The van der Waals surface area contributed by atoms with E-state index < -0.39 is 11.5 Å². The normalized spacial score (nSPS) is 24.8. The number of likely N-dealkylation sites (N-methyl/N-ethyl adjacent to an activating group) is 1. The van der Waals surface area contributed by atoms with Crippen molar-refractivity contribution in [3.63, 3.8) is 0 Å². The van der Waals surface area contributed by atoms with Crippen molar-refractivity contribution >= 4 is 5.97 Å². The second-order valence-corrected chi connectivity index (χ2v) is 6.67. The monoisotopic (exact) mass is 285 g/mol. The largest absolute Gasteiger partial charge is 0.480 e. The Kier molecular flexibility index (Phi) is 6.43. The minimum Gasteiger partial charge on any atom is -0.480 e. The molecule has 2 atom stereocenters. The highest BCUT2D eigenvalue weighted by Gasteiger charge is 2.33. The summed E-state index contributed by atoms with van der Waals surface area (Å²) in [6, 6.07) is 0.767. The minimum atomic E-state index is -0.813. The Hall–Kier alpha value is -0.650. The first-order valence-corrected chi connectivity index (χ1v) is 7.68. The predicted octanol–water partition coefficient (Wildman–Crippen LogP) is 1.24. The Bertz CT molecular complexity index is 322. The van der Waals surface area contributed by atoms with Crippen molar-refractivity contribution in [2.75, 3.05) is 33.2 Å². The van der Waals surface area contributed by atoms with Crippen LogP contribution in [-0.4, -0.2) is 71.7 Å². The van der Waals surface area contributed by atoms with Crippen LogP contribution in [0.25, 0.3) is 0 Å². The Morgan fingerprint density at radius 3 is 2.60 bits per heavy atom. The Balaban J connectivity index is 2.39. The molecule has 5 nitrogen and oxygen atoms in total. The average Bonchev–Trinajstić information content (AvgIpc) is 2.32. The molecular formula is C15H31N3O2. The van der Waals surface area contributed by atoms with Gasteiger partial charge >= 0.3 is 5.97 Å². The molecule has 0 aromatic heterocycles. The molecule has 1 rings (SSSR count). The Morgan fingerprint density at radius 2 is 2.10 bits per heavy atom. The number of aliphatic carboxylic acids is 1. The van der Waals surface area contributed by atoms with Crippen molar-refractivity contribution in [3.8, 4) is 0 Å². The second kappa shape index (κ2) is 7.38. The minimum absolute atomic E-state index is 0.180. The van der Waals surface area contributed by atoms with Crippen molar-refractivity contribution in [1.82, 2.24) is 15.1 Å². The molecule has 2 N–H and O–H groups in total. The molecule has 1 fully saturated rings. The van der Waals surface area contributed by atoms with Gasteiger partial charge in [-0.05, 0) is 54.1 Å². The van der Waals surface area contributed by atoms with E-state index in [1.165, 1.54) is 0 Å². The third-order valence-corrected chi connectivity index (χ3v) is 4.27. The predicted molar refractivity (Wildman–Crippen MR) is 82.1 cm³/mol. The summed E-state index contributed by atoms with van der Waals surface area (Å²) in [5.74, 6) is -0.752. The zero-order chi connectivity index (χ0) is 15.3. The zero-order valence-corrected chi connectivity index (χ0v) is 13.6. The number of carboxylic acid groups (broad SMARTS) is 1. The molecule has 0 amide bonds. The highest BCUT2D eigenvalue weighted by atomic mass is 16.4. The first-order chi connectivity index (χ1) is 9.24. The van der Waals surface area contributed by atoms with Gasteiger partial charge in [0.15, 0.2) is 0 Å². The van der Waals surface area contributed by atoms with Crippen LogP contribution in [0, 0.1) is 0 Å². The summed E-state index contributed by atoms with van der Waals surface area (Å²) in [6.07, 6.45) is 1.58. The van der Waals surface area contributed by atoms with Gasteiger partial charge in [-0.3, -0.25) is 10.1 Å². The molecule has 20 heavy (non-hydrogen) atoms. The van der Waals surface area contributed by atoms with E-state index in [2.05, 4.69) is 29.1 Å². The van der Waals surface area contributed by atoms with E-state index >= 15 is 0 Å². The molecule has 0 aromatic carbocycles. The van der Waals surface area contributed by atoms with Gasteiger partial charge in [-0.1, -0.05) is 0 Å². The molecule has 2 unspecified atom stereocenters. The van der Waals surface area contributed by atoms with E-state index in [9.17, 15) is 9.90 Å². The summed E-state index contributed by atoms with van der Waals surface area (Å²) < 4.78 is 0. The van der Waals surface area contributed by atoms with Gasteiger partial charge in [-0.25, -0.2) is 0 Å². The van der Waals surface area contributed by atoms with Crippen LogP contribution in [0.2, 0.25) is 0 Å². The van der Waals surface area contributed by atoms with Gasteiger partial charge in [-0.2, -0.15) is 0 Å². The summed E-state index contributed by atoms with van der Waals surface area (Å²) in [4.78, 5) is 16.3. The smallest absolute Gasteiger partial charge is 0.323 e. The summed E-state index contributed by atoms with van der Waals surface area (Å²) >= 11 is 0. The zero-order valence-electron chi connectivity index (χ0n) is 13.6. The fourth-order valence-corrected chi connectivity index (χ4v) is 2.86. The highest BCUT2D eigenvalue weighted by Crippen LogP contribution is 2.16. The number of piperazine rings is 1. The number of rotatable bonds is 7. The van der Waals surface area contributed by atoms with E-state index in [1.54, 1.807) is 6.92 Å². The lowest BCUT2D eigenvalue weighted by Crippen LogP contribution is -2.53. The number of hydrogen-bond acceptors (Lipinski definition) is 4. The van der Waals surface area contributed by atoms with Gasteiger partial charge in [0.1, 0.15) is 5.54 Å². The maximum Gasteiger partial charge on any atom is 0.323 e. The summed E-state index contributed by atoms with van der Waals surface area (Å²) in [5.41, 5.74) is -0.813. The van der Waals surface area contributed by atoms with Crippen LogP contribution in [0.1, 0.15) is 40.5 Å². The molecule has 0 aliphatic carbocycles. The maximum absolute atomic E-state index is 11.5. The highest BCUT2D eigenvalue weighted by molar-refractivity contribution is 5.78. The van der Waals surface area contributed by atoms with Crippen LogP contribution in [0.3, 0.4) is 0 Å². The number of hydrogen-bond donors (Lipinski definition) is 2. The van der Waals surface area contributed by atoms with Crippen molar-refractivity contribution in [1.29, 1.82) is 0 Å². The van der Waals surface area contributed by atoms with Crippen LogP contribution in [0.15, 0.2) is 0 Å². The molecule has 1 aliphatic heterocycles. The average molecular weight is 285 g/mol. The van der Waals surface area contributed by atoms with Crippen molar-refractivity contribution in [2.24, 2.45) is 0 Å². The first kappa shape index (κ1) is 17.4. The number of carboxylic acids is 1. The number of carbonyl (C=O) groups is 1. The quantitative estimate of drug-likeness (QED) is 0.737. The van der Waals surface area contributed by atoms with Gasteiger partial charge in [-0.15, -0.1) is 0 Å². The lowest BCUT2D eigenvalue weighted by Gasteiger charge is -2.38. The van der Waals surface area contributed by atoms with Crippen molar-refractivity contribution < 1.29 is 9.90 Å². The Morgan fingerprint density at radius 1 is 1.45 bits per heavy atom. The molecule has 1 heterocycles. The molecule has 0 spiro atoms. The van der Waals surface area contributed by atoms with Crippen LogP contribution in [0.4, 0.5) is 0 Å². The van der Waals surface area contributed by atoms with E-state index in [1.807, 2.05) is 13.8 Å². The van der Waals surface area contributed by atoms with E-state index in [4.69, 9.17) is 0 Å².